The van der Waals surface area contributed by atoms with Crippen molar-refractivity contribution in [2.75, 3.05) is 6.61 Å². The molecule has 2 aromatic carbocycles. The van der Waals surface area contributed by atoms with Crippen LogP contribution in [-0.2, 0) is 19.1 Å². The molecule has 1 N–H and O–H groups in total. The van der Waals surface area contributed by atoms with Crippen LogP contribution < -0.4 is 5.32 Å². The van der Waals surface area contributed by atoms with Crippen LogP contribution in [0.1, 0.15) is 49.0 Å². The third-order valence-corrected chi connectivity index (χ3v) is 6.01. The highest BCUT2D eigenvalue weighted by molar-refractivity contribution is 6.31. The number of carbonyl (C=O) groups excluding carboxylic acids is 2. The van der Waals surface area contributed by atoms with E-state index >= 15 is 0 Å². The lowest BCUT2D eigenvalue weighted by molar-refractivity contribution is -0.146. The number of benzene rings is 2. The topological polar surface area (TPSA) is 64.6 Å². The van der Waals surface area contributed by atoms with Crippen molar-refractivity contribution in [2.45, 2.75) is 39.2 Å². The second kappa shape index (κ2) is 8.60. The number of ether oxygens (including phenoxy) is 2. The molecule has 160 valence electrons. The fraction of sp³-hybridized carbons (Fsp3) is 0.280. The Morgan fingerprint density at radius 3 is 2.55 bits per heavy atom. The number of dihydropyridines is 1. The maximum atomic E-state index is 13.3. The zero-order chi connectivity index (χ0) is 22.1. The molecule has 2 aliphatic rings. The lowest BCUT2D eigenvalue weighted by Crippen LogP contribution is -2.37. The third-order valence-electron chi connectivity index (χ3n) is 5.66. The molecule has 5 nitrogen and oxygen atoms in total. The van der Waals surface area contributed by atoms with Gasteiger partial charge in [0.05, 0.1) is 23.7 Å². The Morgan fingerprint density at radius 1 is 1.16 bits per heavy atom. The largest absolute Gasteiger partial charge is 0.463 e. The first-order chi connectivity index (χ1) is 14.9. The van der Waals surface area contributed by atoms with E-state index in [-0.39, 0.29) is 6.61 Å². The maximum absolute atomic E-state index is 13.3. The monoisotopic (exact) mass is 437 g/mol. The predicted molar refractivity (Wildman–Crippen MR) is 118 cm³/mol. The first-order valence-corrected chi connectivity index (χ1v) is 10.7. The molecular formula is C25H24ClNO4. The van der Waals surface area contributed by atoms with E-state index in [9.17, 15) is 9.59 Å². The van der Waals surface area contributed by atoms with Crippen molar-refractivity contribution in [2.24, 2.45) is 0 Å². The minimum atomic E-state index is -0.657. The summed E-state index contributed by atoms with van der Waals surface area (Å²) < 4.78 is 11.1. The molecule has 2 aromatic rings. The van der Waals surface area contributed by atoms with Gasteiger partial charge in [-0.1, -0.05) is 59.6 Å². The lowest BCUT2D eigenvalue weighted by Gasteiger charge is -2.36. The quantitative estimate of drug-likeness (QED) is 0.673. The molecule has 0 spiro atoms. The molecule has 2 atom stereocenters. The van der Waals surface area contributed by atoms with Gasteiger partial charge in [-0.2, -0.15) is 0 Å². The summed E-state index contributed by atoms with van der Waals surface area (Å²) in [7, 11) is 0. The lowest BCUT2D eigenvalue weighted by atomic mass is 9.78. The van der Waals surface area contributed by atoms with E-state index in [1.807, 2.05) is 56.3 Å². The number of carbonyl (C=O) groups is 2. The number of cyclic esters (lactones) is 1. The van der Waals surface area contributed by atoms with Crippen molar-refractivity contribution < 1.29 is 19.1 Å². The summed E-state index contributed by atoms with van der Waals surface area (Å²) in [6.07, 6.45) is 0.0848. The molecule has 0 fully saturated rings. The van der Waals surface area contributed by atoms with Crippen molar-refractivity contribution >= 4 is 23.5 Å². The molecule has 2 heterocycles. The molecule has 0 saturated heterocycles. The number of aryl methyl sites for hydroxylation is 1. The van der Waals surface area contributed by atoms with Crippen molar-refractivity contribution in [3.63, 3.8) is 0 Å². The first kappa shape index (κ1) is 21.2. The van der Waals surface area contributed by atoms with Crippen LogP contribution in [0.5, 0.6) is 0 Å². The third kappa shape index (κ3) is 3.98. The average molecular weight is 438 g/mol. The van der Waals surface area contributed by atoms with Crippen LogP contribution in [0.2, 0.25) is 5.02 Å². The van der Waals surface area contributed by atoms with Gasteiger partial charge in [-0.3, -0.25) is 0 Å². The van der Waals surface area contributed by atoms with Gasteiger partial charge in [0.2, 0.25) is 0 Å². The van der Waals surface area contributed by atoms with Gasteiger partial charge in [-0.25, -0.2) is 9.59 Å². The highest BCUT2D eigenvalue weighted by Gasteiger charge is 2.43. The van der Waals surface area contributed by atoms with Crippen LogP contribution in [-0.4, -0.2) is 18.5 Å². The fourth-order valence-corrected chi connectivity index (χ4v) is 4.43. The summed E-state index contributed by atoms with van der Waals surface area (Å²) in [5.41, 5.74) is 4.92. The van der Waals surface area contributed by atoms with E-state index in [1.165, 1.54) is 0 Å². The van der Waals surface area contributed by atoms with Crippen LogP contribution in [0.25, 0.3) is 0 Å². The van der Waals surface area contributed by atoms with Gasteiger partial charge >= 0.3 is 11.9 Å². The zero-order valence-electron chi connectivity index (χ0n) is 17.7. The van der Waals surface area contributed by atoms with Crippen LogP contribution in [0.4, 0.5) is 0 Å². The number of esters is 2. The molecule has 6 heteroatoms. The Labute approximate surface area is 186 Å². The van der Waals surface area contributed by atoms with Crippen LogP contribution in [0, 0.1) is 6.92 Å². The zero-order valence-corrected chi connectivity index (χ0v) is 18.5. The second-order valence-corrected chi connectivity index (χ2v) is 8.15. The molecule has 0 saturated carbocycles. The van der Waals surface area contributed by atoms with Gasteiger partial charge in [-0.05, 0) is 38.0 Å². The Morgan fingerprint density at radius 2 is 1.87 bits per heavy atom. The summed E-state index contributed by atoms with van der Waals surface area (Å²) in [4.78, 5) is 26.1. The van der Waals surface area contributed by atoms with Crippen LogP contribution in [0.15, 0.2) is 71.1 Å². The molecule has 2 unspecified atom stereocenters. The summed E-state index contributed by atoms with van der Waals surface area (Å²) >= 11 is 6.50. The van der Waals surface area contributed by atoms with Crippen molar-refractivity contribution in [3.8, 4) is 0 Å². The molecule has 0 amide bonds. The normalized spacial score (nSPS) is 20.7. The molecule has 0 radical (unpaired) electrons. The van der Waals surface area contributed by atoms with Gasteiger partial charge in [0.25, 0.3) is 0 Å². The molecule has 4 rings (SSSR count). The average Bonchev–Trinajstić information content (AvgIpc) is 2.73. The number of hydrogen-bond acceptors (Lipinski definition) is 5. The minimum Gasteiger partial charge on any atom is -0.463 e. The second-order valence-electron chi connectivity index (χ2n) is 7.74. The van der Waals surface area contributed by atoms with Gasteiger partial charge < -0.3 is 14.8 Å². The molecule has 0 aliphatic carbocycles. The highest BCUT2D eigenvalue weighted by atomic mass is 35.5. The van der Waals surface area contributed by atoms with E-state index in [2.05, 4.69) is 5.32 Å². The van der Waals surface area contributed by atoms with Gasteiger partial charge in [-0.15, -0.1) is 0 Å². The smallest absolute Gasteiger partial charge is 0.337 e. The molecule has 0 bridgehead atoms. The van der Waals surface area contributed by atoms with Crippen LogP contribution >= 0.6 is 11.6 Å². The van der Waals surface area contributed by atoms with E-state index in [4.69, 9.17) is 21.1 Å². The maximum Gasteiger partial charge on any atom is 0.337 e. The fourth-order valence-electron chi connectivity index (χ4n) is 4.18. The summed E-state index contributed by atoms with van der Waals surface area (Å²) in [6.45, 7) is 5.82. The van der Waals surface area contributed by atoms with Crippen molar-refractivity contribution in [3.05, 3.63) is 92.8 Å². The van der Waals surface area contributed by atoms with Crippen molar-refractivity contribution in [1.29, 1.82) is 0 Å². The Hall–Kier alpha value is -3.05. The Kier molecular flexibility index (Phi) is 5.88. The molecular weight excluding hydrogens is 414 g/mol. The highest BCUT2D eigenvalue weighted by Crippen LogP contribution is 2.46. The number of nitrogens with one attached hydrogen (secondary N) is 1. The predicted octanol–water partition coefficient (Wildman–Crippen LogP) is 5.11. The Balaban J connectivity index is 1.81. The molecule has 2 aliphatic heterocycles. The summed E-state index contributed by atoms with van der Waals surface area (Å²) in [5, 5.41) is 3.76. The minimum absolute atomic E-state index is 0.233. The molecule has 31 heavy (non-hydrogen) atoms. The van der Waals surface area contributed by atoms with E-state index in [0.717, 1.165) is 16.8 Å². The van der Waals surface area contributed by atoms with E-state index in [1.54, 1.807) is 13.0 Å². The van der Waals surface area contributed by atoms with Gasteiger partial charge in [0.15, 0.2) is 0 Å². The van der Waals surface area contributed by atoms with Gasteiger partial charge in [0.1, 0.15) is 6.10 Å². The Bertz CT molecular complexity index is 1100. The number of halogens is 1. The van der Waals surface area contributed by atoms with Crippen LogP contribution in [0.3, 0.4) is 0 Å². The van der Waals surface area contributed by atoms with Crippen molar-refractivity contribution in [1.82, 2.24) is 5.32 Å². The summed E-state index contributed by atoms with van der Waals surface area (Å²) in [5.74, 6) is -1.59. The first-order valence-electron chi connectivity index (χ1n) is 10.3. The SMILES string of the molecule is CCOC(=O)C1=C(C)NC2=C(C(=O)OC(c3ccc(C)cc3)C2)C1c1ccccc1Cl. The van der Waals surface area contributed by atoms with E-state index in [0.29, 0.717) is 33.9 Å². The number of allylic oxidation sites excluding steroid dienone is 1. The number of rotatable bonds is 4. The standard InChI is InChI=1S/C25H24ClNO4/c1-4-30-24(28)21-15(3)27-19-13-20(16-11-9-14(2)10-12-16)31-25(29)23(19)22(21)17-7-5-6-8-18(17)26/h5-12,20,22,27H,4,13H2,1-3H3. The number of hydrogen-bond donors (Lipinski definition) is 1. The molecule has 0 aromatic heterocycles. The van der Waals surface area contributed by atoms with Gasteiger partial charge in [0, 0.05) is 22.8 Å². The summed E-state index contributed by atoms with van der Waals surface area (Å²) in [6, 6.07) is 15.2. The van der Waals surface area contributed by atoms with E-state index < -0.39 is 24.0 Å².